The van der Waals surface area contributed by atoms with Gasteiger partial charge in [0.05, 0.1) is 17.3 Å². The lowest BCUT2D eigenvalue weighted by molar-refractivity contribution is 0.101. The Balaban J connectivity index is 2.42. The molecule has 1 heterocycles. The summed E-state index contributed by atoms with van der Waals surface area (Å²) in [6.45, 7) is 5.20. The van der Waals surface area contributed by atoms with E-state index in [9.17, 15) is 4.79 Å². The van der Waals surface area contributed by atoms with Crippen molar-refractivity contribution in [1.82, 2.24) is 4.98 Å². The van der Waals surface area contributed by atoms with Crippen molar-refractivity contribution < 1.29 is 9.21 Å². The summed E-state index contributed by atoms with van der Waals surface area (Å²) >= 11 is 1.26. The largest absolute Gasteiger partial charge is 0.436 e. The summed E-state index contributed by atoms with van der Waals surface area (Å²) in [6, 6.07) is 7.03. The second-order valence-corrected chi connectivity index (χ2v) is 5.10. The molecule has 0 unspecified atom stereocenters. The molecule has 0 spiro atoms. The fourth-order valence-corrected chi connectivity index (χ4v) is 2.59. The standard InChI is InChI=1S/C14H12N2O2S/c1-8-10(3)18-14(16-8)19-13-6-11(7-15)4-5-12(13)9(2)17/h4-6H,1-3H3. The second kappa shape index (κ2) is 5.29. The van der Waals surface area contributed by atoms with E-state index in [1.165, 1.54) is 18.7 Å². The van der Waals surface area contributed by atoms with Crippen LogP contribution in [0.25, 0.3) is 0 Å². The molecule has 4 nitrogen and oxygen atoms in total. The fourth-order valence-electron chi connectivity index (χ4n) is 1.55. The number of Topliss-reactive ketones (excluding diaryl/α,β-unsaturated/α-hetero) is 1. The number of aromatic nitrogens is 1. The van der Waals surface area contributed by atoms with Gasteiger partial charge in [0.15, 0.2) is 5.78 Å². The van der Waals surface area contributed by atoms with Gasteiger partial charge in [-0.3, -0.25) is 4.79 Å². The third-order valence-corrected chi connectivity index (χ3v) is 3.60. The molecule has 0 atom stereocenters. The van der Waals surface area contributed by atoms with Crippen molar-refractivity contribution in [2.45, 2.75) is 30.9 Å². The highest BCUT2D eigenvalue weighted by atomic mass is 32.2. The third kappa shape index (κ3) is 2.85. The first-order valence-electron chi connectivity index (χ1n) is 5.68. The van der Waals surface area contributed by atoms with E-state index in [4.69, 9.17) is 9.68 Å². The van der Waals surface area contributed by atoms with Gasteiger partial charge in [0.1, 0.15) is 5.76 Å². The van der Waals surface area contributed by atoms with Gasteiger partial charge in [-0.25, -0.2) is 4.98 Å². The van der Waals surface area contributed by atoms with Crippen LogP contribution in [0.5, 0.6) is 0 Å². The lowest BCUT2D eigenvalue weighted by atomic mass is 10.1. The molecule has 0 fully saturated rings. The van der Waals surface area contributed by atoms with E-state index in [-0.39, 0.29) is 5.78 Å². The number of carbonyl (C=O) groups is 1. The smallest absolute Gasteiger partial charge is 0.261 e. The Morgan fingerprint density at radius 2 is 2.16 bits per heavy atom. The van der Waals surface area contributed by atoms with Crippen molar-refractivity contribution >= 4 is 17.5 Å². The van der Waals surface area contributed by atoms with Crippen LogP contribution in [0.3, 0.4) is 0 Å². The lowest BCUT2D eigenvalue weighted by Gasteiger charge is -2.04. The first-order valence-corrected chi connectivity index (χ1v) is 6.50. The average Bonchev–Trinajstić information content (AvgIpc) is 2.67. The number of nitriles is 1. The molecule has 0 N–H and O–H groups in total. The maximum atomic E-state index is 11.6. The summed E-state index contributed by atoms with van der Waals surface area (Å²) in [5, 5.41) is 9.40. The number of nitrogens with zero attached hydrogens (tertiary/aromatic N) is 2. The normalized spacial score (nSPS) is 10.2. The summed E-state index contributed by atoms with van der Waals surface area (Å²) in [5.74, 6) is 0.704. The van der Waals surface area contributed by atoms with Crippen LogP contribution in [0.2, 0.25) is 0 Å². The van der Waals surface area contributed by atoms with Crippen molar-refractivity contribution in [3.05, 3.63) is 40.8 Å². The van der Waals surface area contributed by atoms with Gasteiger partial charge in [0.2, 0.25) is 0 Å². The lowest BCUT2D eigenvalue weighted by Crippen LogP contribution is -1.95. The molecule has 1 aromatic heterocycles. The van der Waals surface area contributed by atoms with Gasteiger partial charge in [0.25, 0.3) is 5.22 Å². The number of carbonyl (C=O) groups excluding carboxylic acids is 1. The highest BCUT2D eigenvalue weighted by Crippen LogP contribution is 2.32. The first kappa shape index (κ1) is 13.4. The maximum absolute atomic E-state index is 11.6. The van der Waals surface area contributed by atoms with Crippen molar-refractivity contribution in [2.24, 2.45) is 0 Å². The summed E-state index contributed by atoms with van der Waals surface area (Å²) in [4.78, 5) is 16.5. The van der Waals surface area contributed by atoms with Gasteiger partial charge >= 0.3 is 0 Å². The average molecular weight is 272 g/mol. The van der Waals surface area contributed by atoms with Gasteiger partial charge in [-0.2, -0.15) is 5.26 Å². The van der Waals surface area contributed by atoms with Gasteiger partial charge < -0.3 is 4.42 Å². The minimum atomic E-state index is -0.0491. The van der Waals surface area contributed by atoms with Crippen LogP contribution < -0.4 is 0 Å². The van der Waals surface area contributed by atoms with E-state index in [0.29, 0.717) is 21.2 Å². The Labute approximate surface area is 115 Å². The van der Waals surface area contributed by atoms with Crippen LogP contribution in [0.1, 0.15) is 34.3 Å². The SMILES string of the molecule is CC(=O)c1ccc(C#N)cc1Sc1nc(C)c(C)o1. The molecule has 2 aromatic rings. The maximum Gasteiger partial charge on any atom is 0.261 e. The Hall–Kier alpha value is -2.06. The zero-order chi connectivity index (χ0) is 14.0. The molecular weight excluding hydrogens is 260 g/mol. The summed E-state index contributed by atoms with van der Waals surface area (Å²) < 4.78 is 5.48. The molecule has 2 rings (SSSR count). The molecule has 0 amide bonds. The van der Waals surface area contributed by atoms with Crippen LogP contribution in [0.4, 0.5) is 0 Å². The van der Waals surface area contributed by atoms with Gasteiger partial charge in [0, 0.05) is 10.5 Å². The number of oxazole rings is 1. The Morgan fingerprint density at radius 3 is 2.68 bits per heavy atom. The molecule has 0 saturated carbocycles. The highest BCUT2D eigenvalue weighted by Gasteiger charge is 2.13. The molecule has 19 heavy (non-hydrogen) atoms. The van der Waals surface area contributed by atoms with Gasteiger partial charge in [-0.1, -0.05) is 0 Å². The second-order valence-electron chi connectivity index (χ2n) is 4.10. The summed E-state index contributed by atoms with van der Waals surface area (Å²) in [6.07, 6.45) is 0. The predicted octanol–water partition coefficient (Wildman–Crippen LogP) is 3.52. The van der Waals surface area contributed by atoms with Gasteiger partial charge in [-0.15, -0.1) is 0 Å². The number of hydrogen-bond acceptors (Lipinski definition) is 5. The van der Waals surface area contributed by atoms with Crippen molar-refractivity contribution in [1.29, 1.82) is 5.26 Å². The number of hydrogen-bond donors (Lipinski definition) is 0. The molecule has 0 aliphatic heterocycles. The monoisotopic (exact) mass is 272 g/mol. The highest BCUT2D eigenvalue weighted by molar-refractivity contribution is 7.99. The van der Waals surface area contributed by atoms with Crippen LogP contribution in [-0.2, 0) is 0 Å². The molecule has 0 aliphatic carbocycles. The number of benzene rings is 1. The van der Waals surface area contributed by atoms with E-state index in [0.717, 1.165) is 11.5 Å². The zero-order valence-electron chi connectivity index (χ0n) is 10.9. The summed E-state index contributed by atoms with van der Waals surface area (Å²) in [7, 11) is 0. The third-order valence-electron chi connectivity index (χ3n) is 2.70. The fraction of sp³-hybridized carbons (Fsp3) is 0.214. The molecule has 0 saturated heterocycles. The molecular formula is C14H12N2O2S. The van der Waals surface area contributed by atoms with E-state index < -0.39 is 0 Å². The van der Waals surface area contributed by atoms with Crippen LogP contribution in [-0.4, -0.2) is 10.8 Å². The summed E-state index contributed by atoms with van der Waals surface area (Å²) in [5.41, 5.74) is 1.90. The number of ketones is 1. The Kier molecular flexibility index (Phi) is 3.72. The zero-order valence-corrected chi connectivity index (χ0v) is 11.7. The molecule has 5 heteroatoms. The molecule has 1 aromatic carbocycles. The topological polar surface area (TPSA) is 66.9 Å². The van der Waals surface area contributed by atoms with E-state index in [2.05, 4.69) is 11.1 Å². The Bertz CT molecular complexity index is 664. The molecule has 0 bridgehead atoms. The van der Waals surface area contributed by atoms with E-state index >= 15 is 0 Å². The Morgan fingerprint density at radius 1 is 1.42 bits per heavy atom. The predicted molar refractivity (Wildman–Crippen MR) is 71.3 cm³/mol. The molecule has 0 aliphatic rings. The van der Waals surface area contributed by atoms with E-state index in [1.54, 1.807) is 18.2 Å². The molecule has 96 valence electrons. The van der Waals surface area contributed by atoms with Crippen LogP contribution in [0, 0.1) is 25.2 Å². The van der Waals surface area contributed by atoms with Crippen LogP contribution >= 0.6 is 11.8 Å². The number of aryl methyl sites for hydroxylation is 2. The quantitative estimate of drug-likeness (QED) is 0.800. The van der Waals surface area contributed by atoms with Crippen molar-refractivity contribution in [3.63, 3.8) is 0 Å². The minimum Gasteiger partial charge on any atom is -0.436 e. The minimum absolute atomic E-state index is 0.0491. The van der Waals surface area contributed by atoms with Crippen molar-refractivity contribution in [2.75, 3.05) is 0 Å². The number of rotatable bonds is 3. The van der Waals surface area contributed by atoms with E-state index in [1.807, 2.05) is 13.8 Å². The first-order chi connectivity index (χ1) is 9.01. The van der Waals surface area contributed by atoms with Crippen LogP contribution in [0.15, 0.2) is 32.7 Å². The van der Waals surface area contributed by atoms with Gasteiger partial charge in [-0.05, 0) is 50.7 Å². The van der Waals surface area contributed by atoms with Crippen molar-refractivity contribution in [3.8, 4) is 6.07 Å². The molecule has 0 radical (unpaired) electrons.